The number of methoxy groups -OCH3 is 1. The maximum Gasteiger partial charge on any atom is 0.143 e. The molecule has 3 nitrogen and oxygen atoms in total. The topological polar surface area (TPSA) is 47.3 Å². The smallest absolute Gasteiger partial charge is 0.143 e. The van der Waals surface area contributed by atoms with Gasteiger partial charge in [0.25, 0.3) is 0 Å². The third-order valence-corrected chi connectivity index (χ3v) is 2.99. The molecular weight excluding hydrogens is 248 g/mol. The molecule has 0 fully saturated rings. The van der Waals surface area contributed by atoms with Gasteiger partial charge in [0.05, 0.1) is 18.5 Å². The van der Waals surface area contributed by atoms with Crippen LogP contribution in [0.2, 0.25) is 5.02 Å². The molecular formula is C14H15ClN2O. The van der Waals surface area contributed by atoms with Gasteiger partial charge in [0.2, 0.25) is 0 Å². The van der Waals surface area contributed by atoms with Crippen LogP contribution in [0.15, 0.2) is 36.4 Å². The average Bonchev–Trinajstić information content (AvgIpc) is 2.36. The average molecular weight is 263 g/mol. The second kappa shape index (κ2) is 5.19. The van der Waals surface area contributed by atoms with E-state index in [0.717, 1.165) is 16.9 Å². The molecule has 0 aliphatic heterocycles. The summed E-state index contributed by atoms with van der Waals surface area (Å²) >= 11 is 5.99. The molecule has 0 spiro atoms. The first-order valence-electron chi connectivity index (χ1n) is 5.57. The van der Waals surface area contributed by atoms with Crippen LogP contribution in [0.25, 0.3) is 0 Å². The van der Waals surface area contributed by atoms with Crippen LogP contribution in [0.3, 0.4) is 0 Å². The molecule has 4 heteroatoms. The highest BCUT2D eigenvalue weighted by Gasteiger charge is 2.06. The zero-order valence-electron chi connectivity index (χ0n) is 10.3. The summed E-state index contributed by atoms with van der Waals surface area (Å²) in [7, 11) is 1.60. The summed E-state index contributed by atoms with van der Waals surface area (Å²) in [5.41, 5.74) is 9.43. The lowest BCUT2D eigenvalue weighted by Gasteiger charge is -2.14. The quantitative estimate of drug-likeness (QED) is 0.823. The van der Waals surface area contributed by atoms with Crippen molar-refractivity contribution >= 4 is 28.7 Å². The van der Waals surface area contributed by atoms with Crippen molar-refractivity contribution in [3.63, 3.8) is 0 Å². The Morgan fingerprint density at radius 1 is 1.17 bits per heavy atom. The molecule has 2 aromatic carbocycles. The minimum absolute atomic E-state index is 0.583. The Hall–Kier alpha value is -1.87. The maximum absolute atomic E-state index is 6.01. The minimum Gasteiger partial charge on any atom is -0.495 e. The second-order valence-corrected chi connectivity index (χ2v) is 4.44. The molecule has 0 aliphatic carbocycles. The molecule has 0 aliphatic rings. The molecule has 0 amide bonds. The zero-order valence-corrected chi connectivity index (χ0v) is 11.1. The van der Waals surface area contributed by atoms with E-state index in [0.29, 0.717) is 16.5 Å². The molecule has 2 rings (SSSR count). The normalized spacial score (nSPS) is 10.2. The zero-order chi connectivity index (χ0) is 13.1. The lowest BCUT2D eigenvalue weighted by Crippen LogP contribution is -2.00. The lowest BCUT2D eigenvalue weighted by atomic mass is 10.2. The first kappa shape index (κ1) is 12.6. The number of anilines is 3. The SMILES string of the molecule is COc1cccc(Nc2cc(Cl)ccc2C)c1N. The van der Waals surface area contributed by atoms with Crippen molar-refractivity contribution in [3.05, 3.63) is 47.0 Å². The van der Waals surface area contributed by atoms with Crippen LogP contribution in [0.5, 0.6) is 5.75 Å². The van der Waals surface area contributed by atoms with Crippen LogP contribution in [-0.4, -0.2) is 7.11 Å². The largest absolute Gasteiger partial charge is 0.495 e. The van der Waals surface area contributed by atoms with Crippen molar-refractivity contribution in [1.82, 2.24) is 0 Å². The lowest BCUT2D eigenvalue weighted by molar-refractivity contribution is 0.417. The fraction of sp³-hybridized carbons (Fsp3) is 0.143. The maximum atomic E-state index is 6.01. The van der Waals surface area contributed by atoms with E-state index in [9.17, 15) is 0 Å². The number of rotatable bonds is 3. The Morgan fingerprint density at radius 2 is 1.94 bits per heavy atom. The minimum atomic E-state index is 0.583. The number of aryl methyl sites for hydroxylation is 1. The number of nitrogens with two attached hydrogens (primary N) is 1. The van der Waals surface area contributed by atoms with Crippen LogP contribution in [0, 0.1) is 6.92 Å². The first-order chi connectivity index (χ1) is 8.61. The van der Waals surface area contributed by atoms with Gasteiger partial charge in [-0.3, -0.25) is 0 Å². The van der Waals surface area contributed by atoms with Crippen LogP contribution < -0.4 is 15.8 Å². The van der Waals surface area contributed by atoms with Crippen LogP contribution >= 0.6 is 11.6 Å². The van der Waals surface area contributed by atoms with Gasteiger partial charge in [-0.25, -0.2) is 0 Å². The molecule has 18 heavy (non-hydrogen) atoms. The number of hydrogen-bond donors (Lipinski definition) is 2. The van der Waals surface area contributed by atoms with Crippen molar-refractivity contribution in [2.75, 3.05) is 18.2 Å². The van der Waals surface area contributed by atoms with Crippen molar-refractivity contribution in [2.45, 2.75) is 6.92 Å². The van der Waals surface area contributed by atoms with Crippen molar-refractivity contribution in [3.8, 4) is 5.75 Å². The van der Waals surface area contributed by atoms with Crippen molar-refractivity contribution in [1.29, 1.82) is 0 Å². The van der Waals surface area contributed by atoms with Gasteiger partial charge in [0.1, 0.15) is 5.75 Å². The van der Waals surface area contributed by atoms with Crippen molar-refractivity contribution in [2.24, 2.45) is 0 Å². The Bertz CT molecular complexity index is 570. The Morgan fingerprint density at radius 3 is 2.67 bits per heavy atom. The van der Waals surface area contributed by atoms with Gasteiger partial charge >= 0.3 is 0 Å². The summed E-state index contributed by atoms with van der Waals surface area (Å²) in [6.07, 6.45) is 0. The Labute approximate surface area is 112 Å². The molecule has 0 saturated carbocycles. The van der Waals surface area contributed by atoms with E-state index in [1.54, 1.807) is 7.11 Å². The third kappa shape index (κ3) is 2.51. The number of nitrogens with one attached hydrogen (secondary N) is 1. The van der Waals surface area contributed by atoms with E-state index in [1.807, 2.05) is 43.3 Å². The number of halogens is 1. The highest BCUT2D eigenvalue weighted by Crippen LogP contribution is 2.32. The van der Waals surface area contributed by atoms with Gasteiger partial charge in [0, 0.05) is 10.7 Å². The Kier molecular flexibility index (Phi) is 3.63. The monoisotopic (exact) mass is 262 g/mol. The second-order valence-electron chi connectivity index (χ2n) is 4.01. The number of hydrogen-bond acceptors (Lipinski definition) is 3. The van der Waals surface area contributed by atoms with Gasteiger partial charge in [-0.1, -0.05) is 23.7 Å². The van der Waals surface area contributed by atoms with E-state index in [2.05, 4.69) is 5.32 Å². The molecule has 0 radical (unpaired) electrons. The molecule has 0 atom stereocenters. The molecule has 0 saturated heterocycles. The third-order valence-electron chi connectivity index (χ3n) is 2.75. The van der Waals surface area contributed by atoms with E-state index in [4.69, 9.17) is 22.1 Å². The standard InChI is InChI=1S/C14H15ClN2O/c1-9-6-7-10(15)8-12(9)17-11-4-3-5-13(18-2)14(11)16/h3-8,17H,16H2,1-2H3. The number of para-hydroxylation sites is 1. The molecule has 94 valence electrons. The van der Waals surface area contributed by atoms with E-state index in [-0.39, 0.29) is 0 Å². The van der Waals surface area contributed by atoms with Crippen LogP contribution in [0.1, 0.15) is 5.56 Å². The van der Waals surface area contributed by atoms with Gasteiger partial charge in [-0.15, -0.1) is 0 Å². The first-order valence-corrected chi connectivity index (χ1v) is 5.95. The predicted octanol–water partition coefficient (Wildman–Crippen LogP) is 3.98. The van der Waals surface area contributed by atoms with E-state index < -0.39 is 0 Å². The van der Waals surface area contributed by atoms with Gasteiger partial charge in [0.15, 0.2) is 0 Å². The summed E-state index contributed by atoms with van der Waals surface area (Å²) in [6.45, 7) is 2.01. The molecule has 3 N–H and O–H groups in total. The van der Waals surface area contributed by atoms with Gasteiger partial charge < -0.3 is 15.8 Å². The molecule has 2 aromatic rings. The molecule has 0 heterocycles. The van der Waals surface area contributed by atoms with E-state index >= 15 is 0 Å². The summed E-state index contributed by atoms with van der Waals surface area (Å²) in [6, 6.07) is 11.3. The molecule has 0 bridgehead atoms. The number of nitrogen functional groups attached to an aromatic ring is 1. The summed E-state index contributed by atoms with van der Waals surface area (Å²) in [5.74, 6) is 0.652. The summed E-state index contributed by atoms with van der Waals surface area (Å²) in [4.78, 5) is 0. The predicted molar refractivity (Wildman–Crippen MR) is 76.9 cm³/mol. The van der Waals surface area contributed by atoms with Gasteiger partial charge in [-0.2, -0.15) is 0 Å². The highest BCUT2D eigenvalue weighted by molar-refractivity contribution is 6.30. The number of benzene rings is 2. The van der Waals surface area contributed by atoms with Crippen molar-refractivity contribution < 1.29 is 4.74 Å². The fourth-order valence-electron chi connectivity index (χ4n) is 1.70. The fourth-order valence-corrected chi connectivity index (χ4v) is 1.88. The number of ether oxygens (including phenoxy) is 1. The molecule has 0 unspecified atom stereocenters. The Balaban J connectivity index is 2.37. The van der Waals surface area contributed by atoms with Crippen LogP contribution in [0.4, 0.5) is 17.1 Å². The summed E-state index contributed by atoms with van der Waals surface area (Å²) in [5, 5.41) is 3.95. The molecule has 0 aromatic heterocycles. The summed E-state index contributed by atoms with van der Waals surface area (Å²) < 4.78 is 5.19. The van der Waals surface area contributed by atoms with Crippen LogP contribution in [-0.2, 0) is 0 Å². The highest BCUT2D eigenvalue weighted by atomic mass is 35.5. The van der Waals surface area contributed by atoms with Gasteiger partial charge in [-0.05, 0) is 36.8 Å². The van der Waals surface area contributed by atoms with E-state index in [1.165, 1.54) is 0 Å².